The van der Waals surface area contributed by atoms with Crippen LogP contribution in [0.15, 0.2) is 36.1 Å². The Kier molecular flexibility index (Phi) is 3.58. The number of nitrogens with two attached hydrogens (primary N) is 1. The lowest BCUT2D eigenvalue weighted by atomic mass is 9.80. The van der Waals surface area contributed by atoms with E-state index < -0.39 is 0 Å². The van der Waals surface area contributed by atoms with E-state index in [0.717, 1.165) is 12.1 Å². The topological polar surface area (TPSA) is 26.0 Å². The Morgan fingerprint density at radius 3 is 2.11 bits per heavy atom. The first-order valence-electron chi connectivity index (χ1n) is 7.04. The van der Waals surface area contributed by atoms with Gasteiger partial charge in [0.1, 0.15) is 0 Å². The predicted octanol–water partition coefficient (Wildman–Crippen LogP) is 4.49. The second kappa shape index (κ2) is 4.88. The summed E-state index contributed by atoms with van der Waals surface area (Å²) < 4.78 is 0. The van der Waals surface area contributed by atoms with Crippen LogP contribution in [0.3, 0.4) is 0 Å². The quantitative estimate of drug-likeness (QED) is 0.786. The van der Waals surface area contributed by atoms with Crippen LogP contribution in [0, 0.1) is 13.8 Å². The van der Waals surface area contributed by atoms with Gasteiger partial charge in [0.05, 0.1) is 0 Å². The van der Waals surface area contributed by atoms with Crippen molar-refractivity contribution < 1.29 is 0 Å². The highest BCUT2D eigenvalue weighted by atomic mass is 14.6. The molecule has 2 rings (SSSR count). The molecule has 1 aromatic rings. The Morgan fingerprint density at radius 2 is 1.68 bits per heavy atom. The lowest BCUT2D eigenvalue weighted by molar-refractivity contribution is 0.588. The first-order chi connectivity index (χ1) is 8.79. The zero-order valence-corrected chi connectivity index (χ0v) is 12.7. The van der Waals surface area contributed by atoms with E-state index in [4.69, 9.17) is 5.73 Å². The third kappa shape index (κ3) is 2.91. The maximum Gasteiger partial charge on any atom is 0.0270 e. The standard InChI is InChI=1S/C18H25N/c1-12-10-15(18(3,4)5)11-13(2)17(12)14-6-8-16(19)9-7-14/h6,8-11,14H,7,19H2,1-5H3. The Balaban J connectivity index is 2.41. The van der Waals surface area contributed by atoms with Gasteiger partial charge in [-0.1, -0.05) is 45.1 Å². The Morgan fingerprint density at radius 1 is 1.11 bits per heavy atom. The third-order valence-corrected chi connectivity index (χ3v) is 3.96. The van der Waals surface area contributed by atoms with Gasteiger partial charge >= 0.3 is 0 Å². The van der Waals surface area contributed by atoms with Crippen molar-refractivity contribution in [1.82, 2.24) is 0 Å². The molecule has 0 aliphatic heterocycles. The Labute approximate surface area is 117 Å². The van der Waals surface area contributed by atoms with E-state index in [0.29, 0.717) is 5.92 Å². The number of benzene rings is 1. The van der Waals surface area contributed by atoms with Crippen molar-refractivity contribution in [3.05, 3.63) is 58.3 Å². The molecule has 1 unspecified atom stereocenters. The van der Waals surface area contributed by atoms with Crippen molar-refractivity contribution in [3.63, 3.8) is 0 Å². The van der Waals surface area contributed by atoms with Crippen molar-refractivity contribution in [2.75, 3.05) is 0 Å². The van der Waals surface area contributed by atoms with Crippen LogP contribution >= 0.6 is 0 Å². The van der Waals surface area contributed by atoms with E-state index in [2.05, 4.69) is 58.9 Å². The molecule has 1 heteroatoms. The highest BCUT2D eigenvalue weighted by Crippen LogP contribution is 2.34. The van der Waals surface area contributed by atoms with E-state index in [1.807, 2.05) is 6.08 Å². The van der Waals surface area contributed by atoms with Gasteiger partial charge in [-0.15, -0.1) is 0 Å². The van der Waals surface area contributed by atoms with Crippen LogP contribution in [0.2, 0.25) is 0 Å². The summed E-state index contributed by atoms with van der Waals surface area (Å²) >= 11 is 0. The largest absolute Gasteiger partial charge is 0.399 e. The van der Waals surface area contributed by atoms with E-state index >= 15 is 0 Å². The van der Waals surface area contributed by atoms with Crippen LogP contribution < -0.4 is 5.73 Å². The number of aryl methyl sites for hydroxylation is 2. The van der Waals surface area contributed by atoms with E-state index in [9.17, 15) is 0 Å². The average Bonchev–Trinajstić information content (AvgIpc) is 2.29. The average molecular weight is 255 g/mol. The number of rotatable bonds is 1. The summed E-state index contributed by atoms with van der Waals surface area (Å²) in [6.45, 7) is 11.3. The molecule has 0 amide bonds. The molecule has 0 aromatic heterocycles. The van der Waals surface area contributed by atoms with Gasteiger partial charge in [-0.3, -0.25) is 0 Å². The molecular weight excluding hydrogens is 230 g/mol. The van der Waals surface area contributed by atoms with Crippen LogP contribution in [0.4, 0.5) is 0 Å². The third-order valence-electron chi connectivity index (χ3n) is 3.96. The first kappa shape index (κ1) is 13.9. The van der Waals surface area contributed by atoms with Crippen LogP contribution in [-0.4, -0.2) is 0 Å². The molecule has 1 aromatic carbocycles. The van der Waals surface area contributed by atoms with Crippen LogP contribution in [0.5, 0.6) is 0 Å². The Bertz CT molecular complexity index is 518. The molecule has 0 fully saturated rings. The van der Waals surface area contributed by atoms with E-state index in [-0.39, 0.29) is 5.41 Å². The van der Waals surface area contributed by atoms with Crippen molar-refractivity contribution in [2.24, 2.45) is 5.73 Å². The van der Waals surface area contributed by atoms with E-state index in [1.165, 1.54) is 22.3 Å². The zero-order chi connectivity index (χ0) is 14.2. The van der Waals surface area contributed by atoms with Crippen LogP contribution in [0.1, 0.15) is 55.4 Å². The summed E-state index contributed by atoms with van der Waals surface area (Å²) in [5, 5.41) is 0. The van der Waals surface area contributed by atoms with Crippen LogP contribution in [0.25, 0.3) is 0 Å². The molecule has 0 saturated heterocycles. The molecule has 19 heavy (non-hydrogen) atoms. The fourth-order valence-electron chi connectivity index (χ4n) is 2.84. The van der Waals surface area contributed by atoms with Crippen molar-refractivity contribution in [3.8, 4) is 0 Å². The molecule has 1 atom stereocenters. The summed E-state index contributed by atoms with van der Waals surface area (Å²) in [4.78, 5) is 0. The predicted molar refractivity (Wildman–Crippen MR) is 83.4 cm³/mol. The maximum absolute atomic E-state index is 5.81. The number of hydrogen-bond donors (Lipinski definition) is 1. The van der Waals surface area contributed by atoms with Crippen molar-refractivity contribution in [1.29, 1.82) is 0 Å². The summed E-state index contributed by atoms with van der Waals surface area (Å²) in [6.07, 6.45) is 7.41. The first-order valence-corrected chi connectivity index (χ1v) is 7.04. The summed E-state index contributed by atoms with van der Waals surface area (Å²) in [5.41, 5.74) is 12.6. The van der Waals surface area contributed by atoms with Gasteiger partial charge in [0.25, 0.3) is 0 Å². The SMILES string of the molecule is Cc1cc(C(C)(C)C)cc(C)c1C1C=CC(N)=CC1. The molecular formula is C18H25N. The molecule has 0 bridgehead atoms. The van der Waals surface area contributed by atoms with Gasteiger partial charge < -0.3 is 5.73 Å². The van der Waals surface area contributed by atoms with Gasteiger partial charge in [-0.05, 0) is 54.0 Å². The summed E-state index contributed by atoms with van der Waals surface area (Å²) in [5.74, 6) is 0.473. The highest BCUT2D eigenvalue weighted by molar-refractivity contribution is 5.45. The monoisotopic (exact) mass is 255 g/mol. The van der Waals surface area contributed by atoms with Crippen molar-refractivity contribution in [2.45, 2.75) is 52.4 Å². The van der Waals surface area contributed by atoms with Crippen LogP contribution in [-0.2, 0) is 5.41 Å². The lowest BCUT2D eigenvalue weighted by Gasteiger charge is -2.25. The minimum atomic E-state index is 0.209. The molecule has 0 heterocycles. The summed E-state index contributed by atoms with van der Waals surface area (Å²) in [7, 11) is 0. The van der Waals surface area contributed by atoms with Gasteiger partial charge in [0.15, 0.2) is 0 Å². The fraction of sp³-hybridized carbons (Fsp3) is 0.444. The molecule has 0 spiro atoms. The molecule has 0 radical (unpaired) electrons. The highest BCUT2D eigenvalue weighted by Gasteiger charge is 2.19. The minimum Gasteiger partial charge on any atom is -0.399 e. The van der Waals surface area contributed by atoms with Crippen molar-refractivity contribution >= 4 is 0 Å². The van der Waals surface area contributed by atoms with E-state index in [1.54, 1.807) is 0 Å². The maximum atomic E-state index is 5.81. The molecule has 0 saturated carbocycles. The zero-order valence-electron chi connectivity index (χ0n) is 12.7. The Hall–Kier alpha value is -1.50. The number of hydrogen-bond acceptors (Lipinski definition) is 1. The molecule has 1 aliphatic rings. The van der Waals surface area contributed by atoms with Gasteiger partial charge in [-0.25, -0.2) is 0 Å². The summed E-state index contributed by atoms with van der Waals surface area (Å²) in [6, 6.07) is 4.69. The number of allylic oxidation sites excluding steroid dienone is 3. The fourth-order valence-corrected chi connectivity index (χ4v) is 2.84. The second-order valence-corrected chi connectivity index (χ2v) is 6.68. The molecule has 2 N–H and O–H groups in total. The van der Waals surface area contributed by atoms with Gasteiger partial charge in [-0.2, -0.15) is 0 Å². The minimum absolute atomic E-state index is 0.209. The normalized spacial score (nSPS) is 19.4. The second-order valence-electron chi connectivity index (χ2n) is 6.68. The van der Waals surface area contributed by atoms with Gasteiger partial charge in [0, 0.05) is 11.6 Å². The molecule has 102 valence electrons. The molecule has 1 aliphatic carbocycles. The lowest BCUT2D eigenvalue weighted by Crippen LogP contribution is -2.14. The smallest absolute Gasteiger partial charge is 0.0270 e. The molecule has 1 nitrogen and oxygen atoms in total. The van der Waals surface area contributed by atoms with Gasteiger partial charge in [0.2, 0.25) is 0 Å².